The van der Waals surface area contributed by atoms with Crippen LogP contribution in [0.15, 0.2) is 78.9 Å². The monoisotopic (exact) mass is 347 g/mol. The lowest BCUT2D eigenvalue weighted by atomic mass is 10.1. The van der Waals surface area contributed by atoms with Crippen LogP contribution in [0.1, 0.15) is 29.0 Å². The lowest BCUT2D eigenvalue weighted by Crippen LogP contribution is -2.17. The van der Waals surface area contributed by atoms with Crippen LogP contribution >= 0.6 is 0 Å². The molecule has 1 saturated carbocycles. The minimum atomic E-state index is -0.187. The second-order valence-corrected chi connectivity index (χ2v) is 6.80. The Balaban J connectivity index is 1.26. The van der Waals surface area contributed by atoms with Crippen LogP contribution < -0.4 is 10.1 Å². The first-order chi connectivity index (χ1) is 12.8. The fraction of sp³-hybridized carbons (Fsp3) is 0.217. The van der Waals surface area contributed by atoms with Crippen molar-refractivity contribution in [2.75, 3.05) is 0 Å². The summed E-state index contributed by atoms with van der Waals surface area (Å²) in [5.41, 5.74) is 3.62. The Morgan fingerprint density at radius 2 is 1.58 bits per heavy atom. The molecule has 3 aromatic carbocycles. The predicted octanol–water partition coefficient (Wildman–Crippen LogP) is 5.05. The van der Waals surface area contributed by atoms with Crippen molar-refractivity contribution in [3.63, 3.8) is 0 Å². The second-order valence-electron chi connectivity index (χ2n) is 6.80. The van der Waals surface area contributed by atoms with E-state index in [9.17, 15) is 4.39 Å². The van der Waals surface area contributed by atoms with E-state index in [1.807, 2.05) is 42.5 Å². The van der Waals surface area contributed by atoms with Crippen molar-refractivity contribution >= 4 is 0 Å². The van der Waals surface area contributed by atoms with E-state index in [1.165, 1.54) is 23.3 Å². The summed E-state index contributed by atoms with van der Waals surface area (Å²) in [6.45, 7) is 1.37. The van der Waals surface area contributed by atoms with Gasteiger partial charge < -0.3 is 10.1 Å². The highest BCUT2D eigenvalue weighted by atomic mass is 19.1. The standard InChI is InChI=1S/C23H22FNO/c24-20-10-6-17(7-11-20)15-25-23-14-22(23)19-8-12-21(13-9-19)26-16-18-4-2-1-3-5-18/h1-13,22-23,25H,14-16H2/t22-,23+/m0/s1. The molecule has 0 heterocycles. The number of nitrogens with one attached hydrogen (secondary N) is 1. The molecule has 2 nitrogen and oxygen atoms in total. The van der Waals surface area contributed by atoms with Crippen molar-refractivity contribution in [2.24, 2.45) is 0 Å². The van der Waals surface area contributed by atoms with Gasteiger partial charge in [-0.05, 0) is 47.4 Å². The molecule has 3 aromatic rings. The van der Waals surface area contributed by atoms with Gasteiger partial charge in [-0.3, -0.25) is 0 Å². The molecule has 1 N–H and O–H groups in total. The lowest BCUT2D eigenvalue weighted by Gasteiger charge is -2.08. The van der Waals surface area contributed by atoms with Crippen LogP contribution in [-0.4, -0.2) is 6.04 Å². The van der Waals surface area contributed by atoms with Crippen LogP contribution in [-0.2, 0) is 13.2 Å². The van der Waals surface area contributed by atoms with Crippen molar-refractivity contribution in [2.45, 2.75) is 31.5 Å². The van der Waals surface area contributed by atoms with Crippen LogP contribution in [0.3, 0.4) is 0 Å². The van der Waals surface area contributed by atoms with Gasteiger partial charge >= 0.3 is 0 Å². The van der Waals surface area contributed by atoms with Gasteiger partial charge in [-0.25, -0.2) is 4.39 Å². The third-order valence-corrected chi connectivity index (χ3v) is 4.83. The minimum absolute atomic E-state index is 0.187. The van der Waals surface area contributed by atoms with Crippen LogP contribution in [0.25, 0.3) is 0 Å². The summed E-state index contributed by atoms with van der Waals surface area (Å²) < 4.78 is 18.8. The predicted molar refractivity (Wildman–Crippen MR) is 102 cm³/mol. The largest absolute Gasteiger partial charge is 0.489 e. The zero-order valence-electron chi connectivity index (χ0n) is 14.6. The third kappa shape index (κ3) is 4.30. The van der Waals surface area contributed by atoms with Crippen LogP contribution in [0, 0.1) is 5.82 Å². The Bertz CT molecular complexity index is 830. The molecular formula is C23H22FNO. The molecule has 2 atom stereocenters. The number of benzene rings is 3. The van der Waals surface area contributed by atoms with Gasteiger partial charge in [0.05, 0.1) is 0 Å². The van der Waals surface area contributed by atoms with Crippen molar-refractivity contribution in [3.05, 3.63) is 101 Å². The molecule has 132 valence electrons. The average Bonchev–Trinajstić information content (AvgIpc) is 3.47. The van der Waals surface area contributed by atoms with Gasteiger partial charge in [0.1, 0.15) is 18.2 Å². The molecule has 4 rings (SSSR count). The molecule has 0 bridgehead atoms. The Morgan fingerprint density at radius 1 is 0.846 bits per heavy atom. The van der Waals surface area contributed by atoms with Gasteiger partial charge in [0.25, 0.3) is 0 Å². The molecule has 1 aliphatic carbocycles. The van der Waals surface area contributed by atoms with Crippen molar-refractivity contribution in [1.29, 1.82) is 0 Å². The van der Waals surface area contributed by atoms with Gasteiger partial charge in [0, 0.05) is 18.5 Å². The zero-order valence-corrected chi connectivity index (χ0v) is 14.6. The van der Waals surface area contributed by atoms with E-state index >= 15 is 0 Å². The van der Waals surface area contributed by atoms with Gasteiger partial charge in [-0.1, -0.05) is 54.6 Å². The number of halogens is 1. The molecule has 0 aliphatic heterocycles. The summed E-state index contributed by atoms with van der Waals surface area (Å²) in [6, 6.07) is 25.8. The first kappa shape index (κ1) is 16.8. The zero-order chi connectivity index (χ0) is 17.8. The molecule has 0 aromatic heterocycles. The van der Waals surface area contributed by atoms with E-state index in [1.54, 1.807) is 0 Å². The highest BCUT2D eigenvalue weighted by molar-refractivity contribution is 5.34. The van der Waals surface area contributed by atoms with Crippen molar-refractivity contribution < 1.29 is 9.13 Å². The van der Waals surface area contributed by atoms with Crippen LogP contribution in [0.4, 0.5) is 4.39 Å². The Labute approximate surface area is 153 Å². The first-order valence-electron chi connectivity index (χ1n) is 9.02. The highest BCUT2D eigenvalue weighted by Gasteiger charge is 2.37. The average molecular weight is 347 g/mol. The number of hydrogen-bond acceptors (Lipinski definition) is 2. The molecule has 26 heavy (non-hydrogen) atoms. The van der Waals surface area contributed by atoms with Gasteiger partial charge in [-0.15, -0.1) is 0 Å². The van der Waals surface area contributed by atoms with E-state index in [4.69, 9.17) is 4.74 Å². The Kier molecular flexibility index (Phi) is 4.98. The number of hydrogen-bond donors (Lipinski definition) is 1. The van der Waals surface area contributed by atoms with Crippen molar-refractivity contribution in [1.82, 2.24) is 5.32 Å². The topological polar surface area (TPSA) is 21.3 Å². The normalized spacial score (nSPS) is 18.5. The SMILES string of the molecule is Fc1ccc(CN[C@@H]2C[C@H]2c2ccc(OCc3ccccc3)cc2)cc1. The van der Waals surface area contributed by atoms with Crippen LogP contribution in [0.5, 0.6) is 5.75 Å². The molecule has 0 unspecified atom stereocenters. The van der Waals surface area contributed by atoms with E-state index in [0.717, 1.165) is 24.3 Å². The molecule has 3 heteroatoms. The summed E-state index contributed by atoms with van der Waals surface area (Å²) in [5.74, 6) is 1.26. The maximum absolute atomic E-state index is 12.9. The molecule has 1 fully saturated rings. The number of ether oxygens (including phenoxy) is 1. The van der Waals surface area contributed by atoms with Gasteiger partial charge in [-0.2, -0.15) is 0 Å². The Morgan fingerprint density at radius 3 is 2.31 bits per heavy atom. The third-order valence-electron chi connectivity index (χ3n) is 4.83. The molecule has 0 saturated heterocycles. The lowest BCUT2D eigenvalue weighted by molar-refractivity contribution is 0.306. The summed E-state index contributed by atoms with van der Waals surface area (Å²) in [7, 11) is 0. The van der Waals surface area contributed by atoms with Gasteiger partial charge in [0.2, 0.25) is 0 Å². The first-order valence-corrected chi connectivity index (χ1v) is 9.02. The van der Waals surface area contributed by atoms with E-state index < -0.39 is 0 Å². The molecule has 0 spiro atoms. The Hall–Kier alpha value is -2.65. The molecule has 0 amide bonds. The highest BCUT2D eigenvalue weighted by Crippen LogP contribution is 2.41. The van der Waals surface area contributed by atoms with E-state index in [-0.39, 0.29) is 5.82 Å². The quantitative estimate of drug-likeness (QED) is 0.646. The fourth-order valence-electron chi connectivity index (χ4n) is 3.19. The molecule has 1 aliphatic rings. The fourth-order valence-corrected chi connectivity index (χ4v) is 3.19. The smallest absolute Gasteiger partial charge is 0.123 e. The summed E-state index contributed by atoms with van der Waals surface area (Å²) in [6.07, 6.45) is 1.14. The minimum Gasteiger partial charge on any atom is -0.489 e. The van der Waals surface area contributed by atoms with Crippen molar-refractivity contribution in [3.8, 4) is 5.75 Å². The number of rotatable bonds is 7. The molecule has 0 radical (unpaired) electrons. The maximum atomic E-state index is 12.9. The van der Waals surface area contributed by atoms with E-state index in [0.29, 0.717) is 18.6 Å². The summed E-state index contributed by atoms with van der Waals surface area (Å²) in [4.78, 5) is 0. The molecular weight excluding hydrogens is 325 g/mol. The maximum Gasteiger partial charge on any atom is 0.123 e. The van der Waals surface area contributed by atoms with Gasteiger partial charge in [0.15, 0.2) is 0 Å². The second kappa shape index (κ2) is 7.71. The van der Waals surface area contributed by atoms with Crippen LogP contribution in [0.2, 0.25) is 0 Å². The summed E-state index contributed by atoms with van der Waals surface area (Å²) in [5, 5.41) is 3.55. The van der Waals surface area contributed by atoms with E-state index in [2.05, 4.69) is 29.6 Å². The summed E-state index contributed by atoms with van der Waals surface area (Å²) >= 11 is 0.